The van der Waals surface area contributed by atoms with E-state index in [2.05, 4.69) is 47.1 Å². The molecule has 0 fully saturated rings. The van der Waals surface area contributed by atoms with Crippen molar-refractivity contribution in [3.8, 4) is 28.8 Å². The Morgan fingerprint density at radius 2 is 1.66 bits per heavy atom. The van der Waals surface area contributed by atoms with Gasteiger partial charge in [-0.05, 0) is 34.7 Å². The molecule has 1 heterocycles. The molecule has 32 heavy (non-hydrogen) atoms. The molecule has 0 atom stereocenters. The minimum absolute atomic E-state index is 0.0386. The van der Waals surface area contributed by atoms with Gasteiger partial charge in [0, 0.05) is 23.1 Å². The van der Waals surface area contributed by atoms with E-state index in [1.807, 2.05) is 51.1 Å². The van der Waals surface area contributed by atoms with E-state index in [9.17, 15) is 9.90 Å². The molecule has 0 bridgehead atoms. The molecule has 2 N–H and O–H groups in total. The minimum atomic E-state index is -0.480. The summed E-state index contributed by atoms with van der Waals surface area (Å²) in [7, 11) is 0. The summed E-state index contributed by atoms with van der Waals surface area (Å²) in [6.07, 6.45) is 0. The molecule has 0 aliphatic carbocycles. The summed E-state index contributed by atoms with van der Waals surface area (Å²) >= 11 is 6.43. The first kappa shape index (κ1) is 23.7. The number of halogens is 1. The van der Waals surface area contributed by atoms with Crippen LogP contribution in [0.2, 0.25) is 5.02 Å². The first-order valence-corrected chi connectivity index (χ1v) is 10.9. The number of amides is 1. The maximum atomic E-state index is 12.2. The summed E-state index contributed by atoms with van der Waals surface area (Å²) in [4.78, 5) is 25.0. The number of nitrogens with zero attached hydrogens (tertiary/aromatic N) is 3. The summed E-state index contributed by atoms with van der Waals surface area (Å²) in [5.41, 5.74) is 2.79. The van der Waals surface area contributed by atoms with Crippen LogP contribution in [0.3, 0.4) is 0 Å². The Morgan fingerprint density at radius 3 is 2.31 bits per heavy atom. The van der Waals surface area contributed by atoms with Crippen molar-refractivity contribution in [1.82, 2.24) is 20.3 Å². The van der Waals surface area contributed by atoms with Gasteiger partial charge < -0.3 is 10.4 Å². The summed E-state index contributed by atoms with van der Waals surface area (Å²) in [6, 6.07) is 12.9. The molecule has 3 aromatic rings. The molecule has 6 nitrogen and oxygen atoms in total. The number of benzene rings is 2. The van der Waals surface area contributed by atoms with Gasteiger partial charge in [-0.15, -0.1) is 0 Å². The number of rotatable bonds is 4. The van der Waals surface area contributed by atoms with E-state index < -0.39 is 5.41 Å². The van der Waals surface area contributed by atoms with Crippen molar-refractivity contribution in [3.63, 3.8) is 0 Å². The minimum Gasteiger partial charge on any atom is -0.479 e. The lowest BCUT2D eigenvalue weighted by Crippen LogP contribution is -2.34. The molecule has 7 heteroatoms. The van der Waals surface area contributed by atoms with Crippen LogP contribution in [0.5, 0.6) is 6.01 Å². The lowest BCUT2D eigenvalue weighted by Gasteiger charge is -2.19. The highest BCUT2D eigenvalue weighted by Crippen LogP contribution is 2.30. The molecule has 3 rings (SSSR count). The largest absolute Gasteiger partial charge is 0.479 e. The van der Waals surface area contributed by atoms with Gasteiger partial charge in [0.1, 0.15) is 0 Å². The Labute approximate surface area is 194 Å². The molecule has 0 aliphatic rings. The van der Waals surface area contributed by atoms with E-state index in [1.165, 1.54) is 0 Å². The van der Waals surface area contributed by atoms with Crippen LogP contribution in [0.25, 0.3) is 22.8 Å². The van der Waals surface area contributed by atoms with Crippen LogP contribution in [0.4, 0.5) is 0 Å². The normalized spacial score (nSPS) is 12.0. The number of aromatic nitrogens is 3. The SMILES string of the molecule is CC(C)(C)C(=O)NCc1ccc(Cl)c(-c2nc(O)nc(-c3cccc(C(C)(C)C)c3)n2)c1. The van der Waals surface area contributed by atoms with E-state index in [0.29, 0.717) is 23.0 Å². The molecule has 0 saturated heterocycles. The molecule has 0 radical (unpaired) electrons. The number of hydrogen-bond donors (Lipinski definition) is 2. The van der Waals surface area contributed by atoms with Crippen LogP contribution in [-0.2, 0) is 16.8 Å². The molecule has 2 aromatic carbocycles. The molecule has 0 spiro atoms. The zero-order valence-corrected chi connectivity index (χ0v) is 20.1. The van der Waals surface area contributed by atoms with Crippen molar-refractivity contribution < 1.29 is 9.90 Å². The van der Waals surface area contributed by atoms with Gasteiger partial charge in [-0.2, -0.15) is 9.97 Å². The van der Waals surface area contributed by atoms with Crippen molar-refractivity contribution in [1.29, 1.82) is 0 Å². The highest BCUT2D eigenvalue weighted by atomic mass is 35.5. The molecular weight excluding hydrogens is 424 g/mol. The third-order valence-electron chi connectivity index (χ3n) is 5.02. The molecule has 0 unspecified atom stereocenters. The van der Waals surface area contributed by atoms with Crippen molar-refractivity contribution in [2.24, 2.45) is 5.41 Å². The third kappa shape index (κ3) is 5.62. The fourth-order valence-electron chi connectivity index (χ4n) is 3.04. The summed E-state index contributed by atoms with van der Waals surface area (Å²) in [6.45, 7) is 12.3. The standard InChI is InChI=1S/C25H29ClN4O2/c1-24(2,3)17-9-7-8-16(13-17)20-28-21(30-23(32)29-20)18-12-15(10-11-19(18)26)14-27-22(31)25(4,5)6/h7-13H,14H2,1-6H3,(H,27,31)(H,28,29,30,32). The van der Waals surface area contributed by atoms with Crippen LogP contribution in [-0.4, -0.2) is 26.0 Å². The van der Waals surface area contributed by atoms with Crippen LogP contribution in [0.1, 0.15) is 52.7 Å². The maximum absolute atomic E-state index is 12.2. The predicted octanol–water partition coefficient (Wildman–Crippen LogP) is 5.52. The van der Waals surface area contributed by atoms with Crippen molar-refractivity contribution in [2.45, 2.75) is 53.5 Å². The van der Waals surface area contributed by atoms with E-state index >= 15 is 0 Å². The second kappa shape index (κ2) is 8.87. The number of hydrogen-bond acceptors (Lipinski definition) is 5. The van der Waals surface area contributed by atoms with Crippen molar-refractivity contribution in [2.75, 3.05) is 0 Å². The second-order valence-corrected chi connectivity index (χ2v) is 10.3. The van der Waals surface area contributed by atoms with Gasteiger partial charge in [-0.3, -0.25) is 4.79 Å². The van der Waals surface area contributed by atoms with E-state index in [4.69, 9.17) is 11.6 Å². The summed E-state index contributed by atoms with van der Waals surface area (Å²) < 4.78 is 0. The van der Waals surface area contributed by atoms with Gasteiger partial charge in [0.15, 0.2) is 11.6 Å². The molecule has 1 amide bonds. The van der Waals surface area contributed by atoms with Gasteiger partial charge >= 0.3 is 6.01 Å². The molecule has 1 aromatic heterocycles. The van der Waals surface area contributed by atoms with Crippen LogP contribution in [0, 0.1) is 5.41 Å². The molecule has 168 valence electrons. The molecular formula is C25H29ClN4O2. The number of carbonyl (C=O) groups is 1. The average Bonchev–Trinajstić information content (AvgIpc) is 2.71. The van der Waals surface area contributed by atoms with E-state index in [0.717, 1.165) is 16.7 Å². The third-order valence-corrected chi connectivity index (χ3v) is 5.35. The quantitative estimate of drug-likeness (QED) is 0.543. The van der Waals surface area contributed by atoms with Gasteiger partial charge in [-0.25, -0.2) is 4.98 Å². The van der Waals surface area contributed by atoms with Crippen LogP contribution < -0.4 is 5.32 Å². The van der Waals surface area contributed by atoms with Crippen molar-refractivity contribution >= 4 is 17.5 Å². The first-order valence-electron chi connectivity index (χ1n) is 10.5. The Bertz CT molecular complexity index is 1150. The zero-order chi connectivity index (χ0) is 23.7. The predicted molar refractivity (Wildman–Crippen MR) is 127 cm³/mol. The molecule has 0 aliphatic heterocycles. The summed E-state index contributed by atoms with van der Waals surface area (Å²) in [5.74, 6) is 0.580. The van der Waals surface area contributed by atoms with E-state index in [-0.39, 0.29) is 23.2 Å². The Hall–Kier alpha value is -2.99. The Balaban J connectivity index is 1.97. The summed E-state index contributed by atoms with van der Waals surface area (Å²) in [5, 5.41) is 13.6. The van der Waals surface area contributed by atoms with Gasteiger partial charge in [0.05, 0.1) is 5.02 Å². The fourth-order valence-corrected chi connectivity index (χ4v) is 3.24. The lowest BCUT2D eigenvalue weighted by atomic mass is 9.86. The second-order valence-electron chi connectivity index (χ2n) is 9.86. The van der Waals surface area contributed by atoms with Crippen LogP contribution >= 0.6 is 11.6 Å². The molecule has 0 saturated carbocycles. The smallest absolute Gasteiger partial charge is 0.318 e. The van der Waals surface area contributed by atoms with E-state index in [1.54, 1.807) is 6.07 Å². The van der Waals surface area contributed by atoms with Crippen molar-refractivity contribution in [3.05, 3.63) is 58.6 Å². The van der Waals surface area contributed by atoms with Gasteiger partial charge in [-0.1, -0.05) is 77.4 Å². The highest BCUT2D eigenvalue weighted by molar-refractivity contribution is 6.33. The Morgan fingerprint density at radius 1 is 0.969 bits per heavy atom. The fraction of sp³-hybridized carbons (Fsp3) is 0.360. The number of nitrogens with one attached hydrogen (secondary N) is 1. The monoisotopic (exact) mass is 452 g/mol. The van der Waals surface area contributed by atoms with Crippen LogP contribution in [0.15, 0.2) is 42.5 Å². The van der Waals surface area contributed by atoms with Gasteiger partial charge in [0.2, 0.25) is 5.91 Å². The number of carbonyl (C=O) groups excluding carboxylic acids is 1. The topological polar surface area (TPSA) is 88.0 Å². The maximum Gasteiger partial charge on any atom is 0.318 e. The highest BCUT2D eigenvalue weighted by Gasteiger charge is 2.21. The average molecular weight is 453 g/mol. The zero-order valence-electron chi connectivity index (χ0n) is 19.3. The Kier molecular flexibility index (Phi) is 6.56. The number of aromatic hydroxyl groups is 1. The lowest BCUT2D eigenvalue weighted by molar-refractivity contribution is -0.128. The first-order chi connectivity index (χ1) is 14.8. The van der Waals surface area contributed by atoms with Gasteiger partial charge in [0.25, 0.3) is 0 Å².